The summed E-state index contributed by atoms with van der Waals surface area (Å²) in [7, 11) is 1.26. The first-order chi connectivity index (χ1) is 8.95. The quantitative estimate of drug-likeness (QED) is 0.927. The van der Waals surface area contributed by atoms with Crippen LogP contribution in [-0.4, -0.2) is 23.3 Å². The predicted octanol–water partition coefficient (Wildman–Crippen LogP) is 2.64. The number of carboxylic acid groups (broad SMARTS) is 1. The van der Waals surface area contributed by atoms with E-state index in [1.165, 1.54) is 14.0 Å². The summed E-state index contributed by atoms with van der Waals surface area (Å²) in [6.07, 6.45) is 0. The van der Waals surface area contributed by atoms with E-state index in [0.29, 0.717) is 0 Å². The summed E-state index contributed by atoms with van der Waals surface area (Å²) >= 11 is 0. The molecule has 7 heteroatoms. The standard InChI is InChI=1S/C12H9F2NO4/c1-5-9(12(16)17)11(15-19-5)10-7(13)3-6(18-2)4-8(10)14/h3-4H,1-2H3,(H,16,17). The molecule has 1 aromatic carbocycles. The maximum Gasteiger partial charge on any atom is 0.341 e. The van der Waals surface area contributed by atoms with Gasteiger partial charge in [-0.3, -0.25) is 0 Å². The first-order valence-corrected chi connectivity index (χ1v) is 5.18. The van der Waals surface area contributed by atoms with Crippen molar-refractivity contribution < 1.29 is 27.9 Å². The molecule has 2 aromatic rings. The van der Waals surface area contributed by atoms with E-state index in [9.17, 15) is 13.6 Å². The fraction of sp³-hybridized carbons (Fsp3) is 0.167. The number of halogens is 2. The van der Waals surface area contributed by atoms with Gasteiger partial charge in [0.1, 0.15) is 34.4 Å². The van der Waals surface area contributed by atoms with Crippen LogP contribution in [0.15, 0.2) is 16.7 Å². The zero-order chi connectivity index (χ0) is 14.2. The largest absolute Gasteiger partial charge is 0.497 e. The Hall–Kier alpha value is -2.44. The van der Waals surface area contributed by atoms with Gasteiger partial charge in [-0.05, 0) is 6.92 Å². The molecule has 0 aliphatic heterocycles. The van der Waals surface area contributed by atoms with Gasteiger partial charge in [0.05, 0.1) is 12.7 Å². The summed E-state index contributed by atoms with van der Waals surface area (Å²) in [6, 6.07) is 1.88. The minimum absolute atomic E-state index is 0.0177. The van der Waals surface area contributed by atoms with Crippen LogP contribution >= 0.6 is 0 Å². The van der Waals surface area contributed by atoms with Crippen molar-refractivity contribution in [3.63, 3.8) is 0 Å². The number of hydrogen-bond donors (Lipinski definition) is 1. The number of nitrogens with zero attached hydrogens (tertiary/aromatic N) is 1. The molecule has 0 aliphatic rings. The molecule has 19 heavy (non-hydrogen) atoms. The number of carboxylic acids is 1. The van der Waals surface area contributed by atoms with E-state index in [-0.39, 0.29) is 22.8 Å². The number of aryl methyl sites for hydroxylation is 1. The number of methoxy groups -OCH3 is 1. The van der Waals surface area contributed by atoms with Gasteiger partial charge in [-0.15, -0.1) is 0 Å². The Bertz CT molecular complexity index is 628. The van der Waals surface area contributed by atoms with Gasteiger partial charge in [0, 0.05) is 12.1 Å². The van der Waals surface area contributed by atoms with Crippen LogP contribution in [0.3, 0.4) is 0 Å². The molecule has 0 atom stereocenters. The average Bonchev–Trinajstić information content (AvgIpc) is 2.70. The Morgan fingerprint density at radius 1 is 1.37 bits per heavy atom. The highest BCUT2D eigenvalue weighted by atomic mass is 19.1. The molecule has 0 saturated carbocycles. The van der Waals surface area contributed by atoms with Gasteiger partial charge >= 0.3 is 5.97 Å². The summed E-state index contributed by atoms with van der Waals surface area (Å²) in [4.78, 5) is 11.1. The van der Waals surface area contributed by atoms with Crippen molar-refractivity contribution in [2.45, 2.75) is 6.92 Å². The molecule has 0 saturated heterocycles. The van der Waals surface area contributed by atoms with Crippen LogP contribution in [0.2, 0.25) is 0 Å². The molecule has 1 N–H and O–H groups in total. The molecule has 100 valence electrons. The number of aromatic nitrogens is 1. The number of benzene rings is 1. The van der Waals surface area contributed by atoms with Crippen LogP contribution in [0.5, 0.6) is 5.75 Å². The summed E-state index contributed by atoms with van der Waals surface area (Å²) in [5.74, 6) is -3.38. The van der Waals surface area contributed by atoms with E-state index < -0.39 is 23.2 Å². The topological polar surface area (TPSA) is 72.6 Å². The molecule has 0 spiro atoms. The lowest BCUT2D eigenvalue weighted by Gasteiger charge is -2.05. The Balaban J connectivity index is 2.69. The van der Waals surface area contributed by atoms with E-state index >= 15 is 0 Å². The summed E-state index contributed by atoms with van der Waals surface area (Å²) < 4.78 is 37.1. The Morgan fingerprint density at radius 3 is 2.42 bits per heavy atom. The van der Waals surface area contributed by atoms with E-state index in [4.69, 9.17) is 9.84 Å². The predicted molar refractivity (Wildman–Crippen MR) is 60.1 cm³/mol. The lowest BCUT2D eigenvalue weighted by molar-refractivity contribution is 0.0696. The molecule has 0 aliphatic carbocycles. The summed E-state index contributed by atoms with van der Waals surface area (Å²) in [5, 5.41) is 12.4. The monoisotopic (exact) mass is 269 g/mol. The third-order valence-electron chi connectivity index (χ3n) is 2.56. The van der Waals surface area contributed by atoms with Crippen molar-refractivity contribution in [1.82, 2.24) is 5.16 Å². The van der Waals surface area contributed by atoms with Gasteiger partial charge in [-0.2, -0.15) is 0 Å². The van der Waals surface area contributed by atoms with E-state index in [0.717, 1.165) is 12.1 Å². The number of ether oxygens (including phenoxy) is 1. The minimum atomic E-state index is -1.37. The number of carbonyl (C=O) groups is 1. The molecule has 0 amide bonds. The lowest BCUT2D eigenvalue weighted by Crippen LogP contribution is -2.02. The number of hydrogen-bond acceptors (Lipinski definition) is 4. The molecule has 2 rings (SSSR count). The van der Waals surface area contributed by atoms with Crippen molar-refractivity contribution in [2.24, 2.45) is 0 Å². The maximum atomic E-state index is 13.8. The molecule has 0 fully saturated rings. The van der Waals surface area contributed by atoms with E-state index in [2.05, 4.69) is 9.68 Å². The third-order valence-corrected chi connectivity index (χ3v) is 2.56. The summed E-state index contributed by atoms with van der Waals surface area (Å²) in [6.45, 7) is 1.35. The van der Waals surface area contributed by atoms with Crippen molar-refractivity contribution in [1.29, 1.82) is 0 Å². The fourth-order valence-corrected chi connectivity index (χ4v) is 1.69. The molecular weight excluding hydrogens is 260 g/mol. The van der Waals surface area contributed by atoms with Crippen LogP contribution in [0, 0.1) is 18.6 Å². The Morgan fingerprint density at radius 2 is 1.95 bits per heavy atom. The molecule has 0 radical (unpaired) electrons. The fourth-order valence-electron chi connectivity index (χ4n) is 1.69. The summed E-state index contributed by atoms with van der Waals surface area (Å²) in [5.41, 5.74) is -1.32. The van der Waals surface area contributed by atoms with Gasteiger partial charge < -0.3 is 14.4 Å². The lowest BCUT2D eigenvalue weighted by atomic mass is 10.0. The van der Waals surface area contributed by atoms with Gasteiger partial charge in [-0.1, -0.05) is 5.16 Å². The Kier molecular flexibility index (Phi) is 3.20. The normalized spacial score (nSPS) is 10.5. The van der Waals surface area contributed by atoms with Crippen LogP contribution in [0.4, 0.5) is 8.78 Å². The van der Waals surface area contributed by atoms with Gasteiger partial charge in [0.2, 0.25) is 0 Å². The molecule has 5 nitrogen and oxygen atoms in total. The highest BCUT2D eigenvalue weighted by molar-refractivity contribution is 5.95. The second-order valence-corrected chi connectivity index (χ2v) is 3.73. The van der Waals surface area contributed by atoms with E-state index in [1.807, 2.05) is 0 Å². The molecular formula is C12H9F2NO4. The first kappa shape index (κ1) is 13.0. The van der Waals surface area contributed by atoms with E-state index in [1.54, 1.807) is 0 Å². The minimum Gasteiger partial charge on any atom is -0.497 e. The highest BCUT2D eigenvalue weighted by Gasteiger charge is 2.26. The van der Waals surface area contributed by atoms with Gasteiger partial charge in [0.25, 0.3) is 0 Å². The van der Waals surface area contributed by atoms with Gasteiger partial charge in [-0.25, -0.2) is 13.6 Å². The zero-order valence-corrected chi connectivity index (χ0v) is 10.0. The Labute approximate surface area is 106 Å². The maximum absolute atomic E-state index is 13.8. The number of aromatic carboxylic acids is 1. The van der Waals surface area contributed by atoms with Crippen LogP contribution in [-0.2, 0) is 0 Å². The SMILES string of the molecule is COc1cc(F)c(-c2noc(C)c2C(=O)O)c(F)c1. The highest BCUT2D eigenvalue weighted by Crippen LogP contribution is 2.32. The molecule has 0 bridgehead atoms. The van der Waals surface area contributed by atoms with Crippen LogP contribution < -0.4 is 4.74 Å². The van der Waals surface area contributed by atoms with Crippen molar-refractivity contribution >= 4 is 5.97 Å². The van der Waals surface area contributed by atoms with Crippen molar-refractivity contribution in [3.05, 3.63) is 35.1 Å². The van der Waals surface area contributed by atoms with Crippen molar-refractivity contribution in [3.8, 4) is 17.0 Å². The average molecular weight is 269 g/mol. The number of rotatable bonds is 3. The van der Waals surface area contributed by atoms with Gasteiger partial charge in [0.15, 0.2) is 0 Å². The van der Waals surface area contributed by atoms with Crippen LogP contribution in [0.1, 0.15) is 16.1 Å². The second kappa shape index (κ2) is 4.68. The molecule has 1 heterocycles. The third kappa shape index (κ3) is 2.14. The molecule has 0 unspecified atom stereocenters. The van der Waals surface area contributed by atoms with Crippen LogP contribution in [0.25, 0.3) is 11.3 Å². The second-order valence-electron chi connectivity index (χ2n) is 3.73. The van der Waals surface area contributed by atoms with Crippen molar-refractivity contribution in [2.75, 3.05) is 7.11 Å². The zero-order valence-electron chi connectivity index (χ0n) is 10.0. The smallest absolute Gasteiger partial charge is 0.341 e. The molecule has 1 aromatic heterocycles. The first-order valence-electron chi connectivity index (χ1n) is 5.18.